The van der Waals surface area contributed by atoms with Crippen LogP contribution in [0.5, 0.6) is 0 Å². The van der Waals surface area contributed by atoms with Crippen LogP contribution in [-0.2, 0) is 4.79 Å². The molecule has 0 unspecified atom stereocenters. The fraction of sp³-hybridized carbons (Fsp3) is 0.125. The van der Waals surface area contributed by atoms with E-state index in [2.05, 4.69) is 16.1 Å². The minimum absolute atomic E-state index is 0.560. The number of aliphatic carboxylic acids is 1. The molecule has 0 bridgehead atoms. The van der Waals surface area contributed by atoms with Crippen LogP contribution in [0, 0.1) is 18.8 Å². The van der Waals surface area contributed by atoms with Crippen molar-refractivity contribution >= 4 is 5.97 Å². The van der Waals surface area contributed by atoms with Gasteiger partial charge in [-0.3, -0.25) is 0 Å². The van der Waals surface area contributed by atoms with Crippen LogP contribution in [0.2, 0.25) is 0 Å². The molecule has 0 spiro atoms. The maximum absolute atomic E-state index is 10.0. The fourth-order valence-electron chi connectivity index (χ4n) is 0.667. The van der Waals surface area contributed by atoms with E-state index in [1.54, 1.807) is 13.0 Å². The summed E-state index contributed by atoms with van der Waals surface area (Å²) in [5.74, 6) is 3.27. The average molecular weight is 162 g/mol. The van der Waals surface area contributed by atoms with E-state index in [-0.39, 0.29) is 0 Å². The predicted octanol–water partition coefficient (Wildman–Crippen LogP) is 0.221. The van der Waals surface area contributed by atoms with Gasteiger partial charge in [-0.2, -0.15) is 10.2 Å². The molecule has 0 radical (unpaired) electrons. The van der Waals surface area contributed by atoms with Crippen LogP contribution >= 0.6 is 0 Å². The number of carboxylic acid groups (broad SMARTS) is 1. The second kappa shape index (κ2) is 3.49. The van der Waals surface area contributed by atoms with Gasteiger partial charge >= 0.3 is 5.97 Å². The Morgan fingerprint density at radius 3 is 3.00 bits per heavy atom. The van der Waals surface area contributed by atoms with Crippen LogP contribution in [-0.4, -0.2) is 21.3 Å². The molecule has 0 fully saturated rings. The molecule has 1 heterocycles. The van der Waals surface area contributed by atoms with Gasteiger partial charge in [0, 0.05) is 11.5 Å². The summed E-state index contributed by atoms with van der Waals surface area (Å²) >= 11 is 0. The molecule has 0 aliphatic heterocycles. The number of hydrogen-bond acceptors (Lipinski definition) is 3. The molecular formula is C8H6N2O2. The van der Waals surface area contributed by atoms with E-state index in [1.807, 2.05) is 5.92 Å². The normalized spacial score (nSPS) is 8.42. The van der Waals surface area contributed by atoms with Gasteiger partial charge in [0.25, 0.3) is 0 Å². The Hall–Kier alpha value is -1.89. The monoisotopic (exact) mass is 162 g/mol. The van der Waals surface area contributed by atoms with Gasteiger partial charge in [0.1, 0.15) is 0 Å². The molecule has 0 aromatic carbocycles. The zero-order valence-electron chi connectivity index (χ0n) is 6.40. The molecule has 0 atom stereocenters. The van der Waals surface area contributed by atoms with E-state index in [4.69, 9.17) is 5.11 Å². The van der Waals surface area contributed by atoms with Crippen molar-refractivity contribution in [2.24, 2.45) is 0 Å². The summed E-state index contributed by atoms with van der Waals surface area (Å²) in [6, 6.07) is 1.67. The van der Waals surface area contributed by atoms with Crippen molar-refractivity contribution in [3.05, 3.63) is 23.5 Å². The summed E-state index contributed by atoms with van der Waals surface area (Å²) in [6.07, 6.45) is 1.42. The highest BCUT2D eigenvalue weighted by Gasteiger charge is 1.90. The van der Waals surface area contributed by atoms with E-state index < -0.39 is 5.97 Å². The smallest absolute Gasteiger partial charge is 0.382 e. The van der Waals surface area contributed by atoms with Crippen molar-refractivity contribution < 1.29 is 9.90 Å². The molecule has 1 rings (SSSR count). The SMILES string of the molecule is Cc1cc(C#CC(=O)O)cnn1. The van der Waals surface area contributed by atoms with Gasteiger partial charge in [0.15, 0.2) is 0 Å². The number of aromatic nitrogens is 2. The Bertz CT molecular complexity index is 363. The third-order valence-corrected chi connectivity index (χ3v) is 1.09. The summed E-state index contributed by atoms with van der Waals surface area (Å²) in [7, 11) is 0. The van der Waals surface area contributed by atoms with Crippen molar-refractivity contribution in [1.29, 1.82) is 0 Å². The quantitative estimate of drug-likeness (QED) is 0.554. The van der Waals surface area contributed by atoms with Gasteiger partial charge in [-0.1, -0.05) is 5.92 Å². The Labute approximate surface area is 69.3 Å². The van der Waals surface area contributed by atoms with Crippen LogP contribution in [0.25, 0.3) is 0 Å². The van der Waals surface area contributed by atoms with Crippen molar-refractivity contribution in [2.45, 2.75) is 6.92 Å². The Morgan fingerprint density at radius 1 is 1.67 bits per heavy atom. The molecule has 1 aromatic rings. The lowest BCUT2D eigenvalue weighted by Gasteiger charge is -1.88. The molecule has 0 amide bonds. The average Bonchev–Trinajstić information content (AvgIpc) is 2.01. The summed E-state index contributed by atoms with van der Waals surface area (Å²) in [5, 5.41) is 15.6. The van der Waals surface area contributed by atoms with Crippen LogP contribution < -0.4 is 0 Å². The van der Waals surface area contributed by atoms with Crippen LogP contribution in [0.4, 0.5) is 0 Å². The second-order valence-corrected chi connectivity index (χ2v) is 2.14. The minimum atomic E-state index is -1.15. The molecule has 4 nitrogen and oxygen atoms in total. The van der Waals surface area contributed by atoms with Crippen molar-refractivity contribution in [3.8, 4) is 11.8 Å². The van der Waals surface area contributed by atoms with E-state index in [0.717, 1.165) is 0 Å². The number of hydrogen-bond donors (Lipinski definition) is 1. The topological polar surface area (TPSA) is 63.1 Å². The maximum atomic E-state index is 10.0. The molecule has 1 N–H and O–H groups in total. The highest BCUT2D eigenvalue weighted by molar-refractivity contribution is 5.87. The first-order valence-corrected chi connectivity index (χ1v) is 3.23. The largest absolute Gasteiger partial charge is 0.472 e. The third kappa shape index (κ3) is 2.39. The first kappa shape index (κ1) is 8.21. The molecule has 0 saturated heterocycles. The van der Waals surface area contributed by atoms with Gasteiger partial charge in [-0.05, 0) is 13.0 Å². The lowest BCUT2D eigenvalue weighted by Crippen LogP contribution is -1.90. The fourth-order valence-corrected chi connectivity index (χ4v) is 0.667. The number of carboxylic acids is 1. The van der Waals surface area contributed by atoms with E-state index in [9.17, 15) is 4.79 Å². The summed E-state index contributed by atoms with van der Waals surface area (Å²) in [5.41, 5.74) is 1.28. The maximum Gasteiger partial charge on any atom is 0.382 e. The molecule has 60 valence electrons. The zero-order chi connectivity index (χ0) is 8.97. The predicted molar refractivity (Wildman–Crippen MR) is 41.3 cm³/mol. The molecule has 4 heteroatoms. The highest BCUT2D eigenvalue weighted by atomic mass is 16.4. The van der Waals surface area contributed by atoms with Crippen LogP contribution in [0.15, 0.2) is 12.3 Å². The van der Waals surface area contributed by atoms with Crippen LogP contribution in [0.1, 0.15) is 11.3 Å². The highest BCUT2D eigenvalue weighted by Crippen LogP contribution is 1.94. The zero-order valence-corrected chi connectivity index (χ0v) is 6.40. The van der Waals surface area contributed by atoms with Crippen LogP contribution in [0.3, 0.4) is 0 Å². The van der Waals surface area contributed by atoms with Crippen molar-refractivity contribution in [2.75, 3.05) is 0 Å². The minimum Gasteiger partial charge on any atom is -0.472 e. The van der Waals surface area contributed by atoms with E-state index >= 15 is 0 Å². The number of carbonyl (C=O) groups is 1. The molecule has 0 aliphatic rings. The first-order valence-electron chi connectivity index (χ1n) is 3.23. The molecular weight excluding hydrogens is 156 g/mol. The molecule has 0 saturated carbocycles. The molecule has 0 aliphatic carbocycles. The van der Waals surface area contributed by atoms with E-state index in [1.165, 1.54) is 6.20 Å². The third-order valence-electron chi connectivity index (χ3n) is 1.09. The number of aryl methyl sites for hydroxylation is 1. The Balaban J connectivity index is 2.92. The van der Waals surface area contributed by atoms with Gasteiger partial charge in [-0.15, -0.1) is 0 Å². The summed E-state index contributed by atoms with van der Waals surface area (Å²) in [6.45, 7) is 1.76. The lowest BCUT2D eigenvalue weighted by atomic mass is 10.3. The molecule has 1 aromatic heterocycles. The molecule has 12 heavy (non-hydrogen) atoms. The number of rotatable bonds is 0. The van der Waals surface area contributed by atoms with Crippen molar-refractivity contribution in [3.63, 3.8) is 0 Å². The number of nitrogens with zero attached hydrogens (tertiary/aromatic N) is 2. The van der Waals surface area contributed by atoms with Crippen molar-refractivity contribution in [1.82, 2.24) is 10.2 Å². The van der Waals surface area contributed by atoms with Gasteiger partial charge in [0.05, 0.1) is 11.9 Å². The Kier molecular flexibility index (Phi) is 2.38. The van der Waals surface area contributed by atoms with E-state index in [0.29, 0.717) is 11.3 Å². The lowest BCUT2D eigenvalue weighted by molar-refractivity contribution is -0.130. The summed E-state index contributed by atoms with van der Waals surface area (Å²) < 4.78 is 0. The summed E-state index contributed by atoms with van der Waals surface area (Å²) in [4.78, 5) is 10.0. The Morgan fingerprint density at radius 2 is 2.42 bits per heavy atom. The van der Waals surface area contributed by atoms with Gasteiger partial charge in [-0.25, -0.2) is 4.79 Å². The van der Waals surface area contributed by atoms with Gasteiger partial charge < -0.3 is 5.11 Å². The second-order valence-electron chi connectivity index (χ2n) is 2.14. The first-order chi connectivity index (χ1) is 5.68. The van der Waals surface area contributed by atoms with Gasteiger partial charge in [0.2, 0.25) is 0 Å². The standard InChI is InChI=1S/C8H6N2O2/c1-6-4-7(5-9-10-6)2-3-8(11)12/h4-5H,1H3,(H,11,12).